The summed E-state index contributed by atoms with van der Waals surface area (Å²) in [5, 5.41) is 0. The minimum absolute atomic E-state index is 0.155. The first-order chi connectivity index (χ1) is 11.7. The van der Waals surface area contributed by atoms with Gasteiger partial charge in [0.05, 0.1) is 0 Å². The number of aryl methyl sites for hydroxylation is 1. The van der Waals surface area contributed by atoms with Crippen LogP contribution >= 0.6 is 0 Å². The van der Waals surface area contributed by atoms with Crippen molar-refractivity contribution in [3.8, 4) is 0 Å². The van der Waals surface area contributed by atoms with Crippen molar-refractivity contribution in [2.24, 2.45) is 5.92 Å². The molecule has 1 aromatic carbocycles. The lowest BCUT2D eigenvalue weighted by molar-refractivity contribution is -0.140. The van der Waals surface area contributed by atoms with Crippen molar-refractivity contribution in [2.75, 3.05) is 39.3 Å². The zero-order chi connectivity index (χ0) is 16.9. The van der Waals surface area contributed by atoms with Gasteiger partial charge in [0.25, 0.3) is 0 Å². The van der Waals surface area contributed by atoms with Gasteiger partial charge in [-0.2, -0.15) is 0 Å². The standard InChI is InChI=1S/C19H27N3O2/c1-16-2-4-17(5-3-16)14-20-8-6-18(7-9-20)19(24)22-12-10-21(15-23)11-13-22/h2-5,15,18H,6-14H2,1H3. The fourth-order valence-electron chi connectivity index (χ4n) is 3.60. The van der Waals surface area contributed by atoms with Crippen LogP contribution in [0.4, 0.5) is 0 Å². The highest BCUT2D eigenvalue weighted by molar-refractivity contribution is 5.79. The first-order valence-electron chi connectivity index (χ1n) is 8.92. The number of likely N-dealkylation sites (tertiary alicyclic amines) is 1. The summed E-state index contributed by atoms with van der Waals surface area (Å²) in [6, 6.07) is 8.70. The number of amides is 2. The van der Waals surface area contributed by atoms with Crippen molar-refractivity contribution in [3.05, 3.63) is 35.4 Å². The van der Waals surface area contributed by atoms with Crippen molar-refractivity contribution >= 4 is 12.3 Å². The third-order valence-electron chi connectivity index (χ3n) is 5.24. The predicted octanol–water partition coefficient (Wildman–Crippen LogP) is 1.51. The largest absolute Gasteiger partial charge is 0.342 e. The van der Waals surface area contributed by atoms with Crippen LogP contribution in [0.1, 0.15) is 24.0 Å². The lowest BCUT2D eigenvalue weighted by Crippen LogP contribution is -2.51. The molecule has 0 bridgehead atoms. The molecule has 2 aliphatic rings. The quantitative estimate of drug-likeness (QED) is 0.787. The molecule has 0 saturated carbocycles. The van der Waals surface area contributed by atoms with E-state index in [1.54, 1.807) is 4.90 Å². The number of carbonyl (C=O) groups is 2. The molecular formula is C19H27N3O2. The molecule has 0 radical (unpaired) electrons. The van der Waals surface area contributed by atoms with Crippen molar-refractivity contribution < 1.29 is 9.59 Å². The van der Waals surface area contributed by atoms with Crippen molar-refractivity contribution in [2.45, 2.75) is 26.3 Å². The van der Waals surface area contributed by atoms with Crippen LogP contribution in [0, 0.1) is 12.8 Å². The molecule has 1 aromatic rings. The molecular weight excluding hydrogens is 302 g/mol. The maximum atomic E-state index is 12.7. The van der Waals surface area contributed by atoms with Crippen LogP contribution in [0.25, 0.3) is 0 Å². The van der Waals surface area contributed by atoms with E-state index in [9.17, 15) is 9.59 Å². The van der Waals surface area contributed by atoms with Gasteiger partial charge in [-0.05, 0) is 38.4 Å². The lowest BCUT2D eigenvalue weighted by atomic mass is 9.94. The minimum atomic E-state index is 0.155. The summed E-state index contributed by atoms with van der Waals surface area (Å²) in [6.45, 7) is 7.75. The fourth-order valence-corrected chi connectivity index (χ4v) is 3.60. The van der Waals surface area contributed by atoms with E-state index in [0.29, 0.717) is 26.2 Å². The topological polar surface area (TPSA) is 43.9 Å². The van der Waals surface area contributed by atoms with Crippen LogP contribution in [-0.4, -0.2) is 66.3 Å². The van der Waals surface area contributed by atoms with Gasteiger partial charge in [-0.3, -0.25) is 14.5 Å². The number of piperidine rings is 1. The highest BCUT2D eigenvalue weighted by Gasteiger charge is 2.30. The smallest absolute Gasteiger partial charge is 0.225 e. The van der Waals surface area contributed by atoms with Crippen molar-refractivity contribution in [3.63, 3.8) is 0 Å². The van der Waals surface area contributed by atoms with Gasteiger partial charge >= 0.3 is 0 Å². The number of hydrogen-bond acceptors (Lipinski definition) is 3. The summed E-state index contributed by atoms with van der Waals surface area (Å²) in [4.78, 5) is 29.5. The van der Waals surface area contributed by atoms with Crippen LogP contribution in [0.3, 0.4) is 0 Å². The Morgan fingerprint density at radius 3 is 2.25 bits per heavy atom. The third-order valence-corrected chi connectivity index (χ3v) is 5.24. The van der Waals surface area contributed by atoms with E-state index in [-0.39, 0.29) is 11.8 Å². The Kier molecular flexibility index (Phi) is 5.51. The maximum absolute atomic E-state index is 12.7. The second-order valence-electron chi connectivity index (χ2n) is 7.00. The van der Waals surface area contributed by atoms with Crippen molar-refractivity contribution in [1.29, 1.82) is 0 Å². The van der Waals surface area contributed by atoms with E-state index in [0.717, 1.165) is 38.9 Å². The summed E-state index contributed by atoms with van der Waals surface area (Å²) < 4.78 is 0. The third kappa shape index (κ3) is 4.15. The molecule has 5 heteroatoms. The number of rotatable bonds is 4. The second kappa shape index (κ2) is 7.79. The molecule has 2 heterocycles. The average molecular weight is 329 g/mol. The zero-order valence-electron chi connectivity index (χ0n) is 14.5. The number of hydrogen-bond donors (Lipinski definition) is 0. The summed E-state index contributed by atoms with van der Waals surface area (Å²) in [6.07, 6.45) is 2.77. The number of piperazine rings is 1. The van der Waals surface area contributed by atoms with Crippen LogP contribution in [0.5, 0.6) is 0 Å². The first kappa shape index (κ1) is 17.0. The molecule has 2 amide bonds. The number of nitrogens with zero attached hydrogens (tertiary/aromatic N) is 3. The van der Waals surface area contributed by atoms with Gasteiger partial charge in [-0.25, -0.2) is 0 Å². The normalized spacial score (nSPS) is 20.2. The van der Waals surface area contributed by atoms with E-state index in [2.05, 4.69) is 36.1 Å². The molecule has 3 rings (SSSR count). The molecule has 2 saturated heterocycles. The Balaban J connectivity index is 1.45. The van der Waals surface area contributed by atoms with Crippen LogP contribution in [-0.2, 0) is 16.1 Å². The highest BCUT2D eigenvalue weighted by Crippen LogP contribution is 2.22. The molecule has 130 valence electrons. The van der Waals surface area contributed by atoms with E-state index in [4.69, 9.17) is 0 Å². The number of carbonyl (C=O) groups excluding carboxylic acids is 2. The van der Waals surface area contributed by atoms with E-state index in [1.165, 1.54) is 11.1 Å². The maximum Gasteiger partial charge on any atom is 0.225 e. The fraction of sp³-hybridized carbons (Fsp3) is 0.579. The van der Waals surface area contributed by atoms with Crippen LogP contribution in [0.2, 0.25) is 0 Å². The van der Waals surface area contributed by atoms with Crippen LogP contribution in [0.15, 0.2) is 24.3 Å². The molecule has 2 fully saturated rings. The van der Waals surface area contributed by atoms with E-state index in [1.807, 2.05) is 4.90 Å². The van der Waals surface area contributed by atoms with E-state index >= 15 is 0 Å². The summed E-state index contributed by atoms with van der Waals surface area (Å²) in [5.74, 6) is 0.442. The first-order valence-corrected chi connectivity index (χ1v) is 8.92. The Labute approximate surface area is 144 Å². The molecule has 0 unspecified atom stereocenters. The summed E-state index contributed by atoms with van der Waals surface area (Å²) in [5.41, 5.74) is 2.63. The Bertz CT molecular complexity index is 556. The number of benzene rings is 1. The van der Waals surface area contributed by atoms with Gasteiger partial charge in [0.1, 0.15) is 0 Å². The zero-order valence-corrected chi connectivity index (χ0v) is 14.5. The summed E-state index contributed by atoms with van der Waals surface area (Å²) in [7, 11) is 0. The van der Waals surface area contributed by atoms with Gasteiger partial charge in [0, 0.05) is 38.6 Å². The Morgan fingerprint density at radius 1 is 1.04 bits per heavy atom. The van der Waals surface area contributed by atoms with Crippen molar-refractivity contribution in [1.82, 2.24) is 14.7 Å². The van der Waals surface area contributed by atoms with Gasteiger partial charge < -0.3 is 9.80 Å². The van der Waals surface area contributed by atoms with Gasteiger partial charge in [0.15, 0.2) is 0 Å². The molecule has 0 aromatic heterocycles. The molecule has 0 atom stereocenters. The Hall–Kier alpha value is -1.88. The molecule has 2 aliphatic heterocycles. The van der Waals surface area contributed by atoms with Gasteiger partial charge in [-0.15, -0.1) is 0 Å². The molecule has 5 nitrogen and oxygen atoms in total. The van der Waals surface area contributed by atoms with E-state index < -0.39 is 0 Å². The lowest BCUT2D eigenvalue weighted by Gasteiger charge is -2.37. The van der Waals surface area contributed by atoms with Crippen LogP contribution < -0.4 is 0 Å². The minimum Gasteiger partial charge on any atom is -0.342 e. The average Bonchev–Trinajstić information content (AvgIpc) is 2.64. The SMILES string of the molecule is Cc1ccc(CN2CCC(C(=O)N3CCN(C=O)CC3)CC2)cc1. The Morgan fingerprint density at radius 2 is 1.67 bits per heavy atom. The molecule has 0 N–H and O–H groups in total. The molecule has 0 aliphatic carbocycles. The highest BCUT2D eigenvalue weighted by atomic mass is 16.2. The molecule has 24 heavy (non-hydrogen) atoms. The monoisotopic (exact) mass is 329 g/mol. The predicted molar refractivity (Wildman–Crippen MR) is 93.4 cm³/mol. The molecule has 0 spiro atoms. The second-order valence-corrected chi connectivity index (χ2v) is 7.00. The summed E-state index contributed by atoms with van der Waals surface area (Å²) >= 11 is 0. The van der Waals surface area contributed by atoms with Gasteiger partial charge in [0.2, 0.25) is 12.3 Å². The van der Waals surface area contributed by atoms with Gasteiger partial charge in [-0.1, -0.05) is 29.8 Å².